The summed E-state index contributed by atoms with van der Waals surface area (Å²) in [4.78, 5) is 30.6. The van der Waals surface area contributed by atoms with Gasteiger partial charge >= 0.3 is 0 Å². The molecule has 0 bridgehead atoms. The Morgan fingerprint density at radius 3 is 2.22 bits per heavy atom. The maximum absolute atomic E-state index is 12.4. The van der Waals surface area contributed by atoms with Crippen molar-refractivity contribution in [1.82, 2.24) is 15.5 Å². The van der Waals surface area contributed by atoms with E-state index in [-0.39, 0.29) is 35.8 Å². The predicted octanol–water partition coefficient (Wildman–Crippen LogP) is 3.36. The first kappa shape index (κ1) is 25.8. The molecular formula is C24H31IN4O3. The zero-order chi connectivity index (χ0) is 22.1. The number of aliphatic imine (C=N–C) groups is 1. The number of unbranched alkanes of at least 4 members (excludes halogenated alkanes) is 1. The highest BCUT2D eigenvalue weighted by atomic mass is 127. The number of hydrogen-bond donors (Lipinski definition) is 3. The van der Waals surface area contributed by atoms with Crippen molar-refractivity contribution in [3.05, 3.63) is 71.3 Å². The summed E-state index contributed by atoms with van der Waals surface area (Å²) >= 11 is 0. The van der Waals surface area contributed by atoms with Crippen LogP contribution >= 0.6 is 24.0 Å². The Morgan fingerprint density at radius 2 is 1.59 bits per heavy atom. The standard InChI is InChI=1S/C24H30N4O3.HI/c1-2-25-24(27-16-14-21(29)18-10-4-3-5-11-18)26-15-8-9-17-28-22(30)19-12-6-7-13-20(19)23(28)31;/h3-7,10-13,21,29H,2,8-9,14-17H2,1H3,(H2,25,26,27);1H. The minimum absolute atomic E-state index is 0. The topological polar surface area (TPSA) is 94.0 Å². The van der Waals surface area contributed by atoms with Crippen molar-refractivity contribution in [2.24, 2.45) is 4.99 Å². The van der Waals surface area contributed by atoms with Gasteiger partial charge in [-0.25, -0.2) is 0 Å². The Balaban J connectivity index is 0.00000363. The van der Waals surface area contributed by atoms with Crippen LogP contribution in [0.1, 0.15) is 58.6 Å². The molecule has 2 aromatic rings. The zero-order valence-corrected chi connectivity index (χ0v) is 20.6. The van der Waals surface area contributed by atoms with E-state index in [0.29, 0.717) is 49.6 Å². The fraction of sp³-hybridized carbons (Fsp3) is 0.375. The number of nitrogens with zero attached hydrogens (tertiary/aromatic N) is 2. The first-order chi connectivity index (χ1) is 15.1. The predicted molar refractivity (Wildman–Crippen MR) is 136 cm³/mol. The molecule has 3 rings (SSSR count). The quantitative estimate of drug-likeness (QED) is 0.139. The van der Waals surface area contributed by atoms with E-state index < -0.39 is 6.10 Å². The van der Waals surface area contributed by atoms with Gasteiger partial charge in [0, 0.05) is 26.2 Å². The fourth-order valence-electron chi connectivity index (χ4n) is 3.53. The van der Waals surface area contributed by atoms with Crippen LogP contribution in [0.5, 0.6) is 0 Å². The van der Waals surface area contributed by atoms with Crippen molar-refractivity contribution in [3.63, 3.8) is 0 Å². The Kier molecular flexibility index (Phi) is 10.6. The monoisotopic (exact) mass is 550 g/mol. The molecular weight excluding hydrogens is 519 g/mol. The second kappa shape index (κ2) is 13.2. The number of fused-ring (bicyclic) bond motifs is 1. The highest BCUT2D eigenvalue weighted by Gasteiger charge is 2.34. The van der Waals surface area contributed by atoms with Crippen LogP contribution in [0.25, 0.3) is 0 Å². The van der Waals surface area contributed by atoms with E-state index in [1.165, 1.54) is 4.90 Å². The summed E-state index contributed by atoms with van der Waals surface area (Å²) in [5.74, 6) is 0.274. The molecule has 1 atom stereocenters. The Bertz CT molecular complexity index is 885. The molecule has 2 aromatic carbocycles. The van der Waals surface area contributed by atoms with Crippen LogP contribution in [0.3, 0.4) is 0 Å². The van der Waals surface area contributed by atoms with Crippen molar-refractivity contribution in [3.8, 4) is 0 Å². The van der Waals surface area contributed by atoms with Gasteiger partial charge in [0.25, 0.3) is 11.8 Å². The molecule has 3 N–H and O–H groups in total. The number of halogens is 1. The van der Waals surface area contributed by atoms with Gasteiger partial charge in [0.1, 0.15) is 0 Å². The molecule has 7 nitrogen and oxygen atoms in total. The molecule has 0 aliphatic carbocycles. The SMILES string of the molecule is CCNC(=NCCCCN1C(=O)c2ccccc2C1=O)NCCC(O)c1ccccc1.I. The van der Waals surface area contributed by atoms with Crippen molar-refractivity contribution in [1.29, 1.82) is 0 Å². The molecule has 1 unspecified atom stereocenters. The number of guanidine groups is 1. The molecule has 172 valence electrons. The number of carbonyl (C=O) groups is 2. The van der Waals surface area contributed by atoms with Gasteiger partial charge in [0.05, 0.1) is 17.2 Å². The molecule has 0 radical (unpaired) electrons. The number of rotatable bonds is 10. The number of nitrogens with one attached hydrogen (secondary N) is 2. The van der Waals surface area contributed by atoms with Crippen molar-refractivity contribution < 1.29 is 14.7 Å². The first-order valence-electron chi connectivity index (χ1n) is 10.8. The fourth-order valence-corrected chi connectivity index (χ4v) is 3.53. The van der Waals surface area contributed by atoms with Crippen molar-refractivity contribution in [2.45, 2.75) is 32.3 Å². The van der Waals surface area contributed by atoms with Gasteiger partial charge in [-0.15, -0.1) is 24.0 Å². The third kappa shape index (κ3) is 6.77. The van der Waals surface area contributed by atoms with E-state index in [2.05, 4.69) is 15.6 Å². The average molecular weight is 550 g/mol. The lowest BCUT2D eigenvalue weighted by atomic mass is 10.1. The molecule has 2 amide bonds. The van der Waals surface area contributed by atoms with Crippen LogP contribution in [-0.4, -0.2) is 54.0 Å². The third-order valence-corrected chi connectivity index (χ3v) is 5.18. The smallest absolute Gasteiger partial charge is 0.261 e. The molecule has 0 saturated carbocycles. The highest BCUT2D eigenvalue weighted by Crippen LogP contribution is 2.22. The molecule has 1 aliphatic rings. The molecule has 8 heteroatoms. The molecule has 1 aliphatic heterocycles. The summed E-state index contributed by atoms with van der Waals surface area (Å²) in [5.41, 5.74) is 1.88. The van der Waals surface area contributed by atoms with E-state index in [1.807, 2.05) is 37.3 Å². The Morgan fingerprint density at radius 1 is 0.969 bits per heavy atom. The van der Waals surface area contributed by atoms with Gasteiger partial charge in [-0.2, -0.15) is 0 Å². The molecule has 0 aromatic heterocycles. The average Bonchev–Trinajstić information content (AvgIpc) is 3.04. The minimum Gasteiger partial charge on any atom is -0.388 e. The largest absolute Gasteiger partial charge is 0.388 e. The van der Waals surface area contributed by atoms with Crippen LogP contribution < -0.4 is 10.6 Å². The summed E-state index contributed by atoms with van der Waals surface area (Å²) in [6, 6.07) is 16.5. The second-order valence-corrected chi connectivity index (χ2v) is 7.42. The van der Waals surface area contributed by atoms with E-state index in [1.54, 1.807) is 24.3 Å². The van der Waals surface area contributed by atoms with Crippen LogP contribution in [0.2, 0.25) is 0 Å². The summed E-state index contributed by atoms with van der Waals surface area (Å²) in [6.45, 7) is 4.31. The number of aliphatic hydroxyl groups excluding tert-OH is 1. The van der Waals surface area contributed by atoms with Crippen LogP contribution in [0, 0.1) is 0 Å². The number of carbonyl (C=O) groups excluding carboxylic acids is 2. The van der Waals surface area contributed by atoms with Gasteiger partial charge in [0.15, 0.2) is 5.96 Å². The summed E-state index contributed by atoms with van der Waals surface area (Å²) in [7, 11) is 0. The summed E-state index contributed by atoms with van der Waals surface area (Å²) in [5, 5.41) is 16.7. The molecule has 1 heterocycles. The van der Waals surface area contributed by atoms with Gasteiger partial charge in [0.2, 0.25) is 0 Å². The van der Waals surface area contributed by atoms with E-state index in [4.69, 9.17) is 0 Å². The maximum atomic E-state index is 12.4. The number of hydrogen-bond acceptors (Lipinski definition) is 4. The molecule has 0 saturated heterocycles. The number of aliphatic hydroxyl groups is 1. The third-order valence-electron chi connectivity index (χ3n) is 5.18. The first-order valence-corrected chi connectivity index (χ1v) is 10.8. The van der Waals surface area contributed by atoms with Crippen molar-refractivity contribution >= 4 is 41.8 Å². The summed E-state index contributed by atoms with van der Waals surface area (Å²) in [6.07, 6.45) is 1.52. The van der Waals surface area contributed by atoms with Gasteiger partial charge in [-0.05, 0) is 43.9 Å². The van der Waals surface area contributed by atoms with E-state index in [0.717, 1.165) is 18.5 Å². The second-order valence-electron chi connectivity index (χ2n) is 7.42. The van der Waals surface area contributed by atoms with Crippen LogP contribution in [-0.2, 0) is 0 Å². The lowest BCUT2D eigenvalue weighted by molar-refractivity contribution is 0.0652. The Labute approximate surface area is 206 Å². The van der Waals surface area contributed by atoms with Gasteiger partial charge in [-0.3, -0.25) is 19.5 Å². The van der Waals surface area contributed by atoms with E-state index >= 15 is 0 Å². The molecule has 32 heavy (non-hydrogen) atoms. The number of benzene rings is 2. The summed E-state index contributed by atoms with van der Waals surface area (Å²) < 4.78 is 0. The van der Waals surface area contributed by atoms with Gasteiger partial charge in [-0.1, -0.05) is 42.5 Å². The minimum atomic E-state index is -0.517. The zero-order valence-electron chi connectivity index (χ0n) is 18.3. The van der Waals surface area contributed by atoms with Crippen molar-refractivity contribution in [2.75, 3.05) is 26.2 Å². The Hall–Kier alpha value is -2.46. The van der Waals surface area contributed by atoms with Crippen LogP contribution in [0.4, 0.5) is 0 Å². The normalized spacial score (nSPS) is 14.1. The maximum Gasteiger partial charge on any atom is 0.261 e. The highest BCUT2D eigenvalue weighted by molar-refractivity contribution is 14.0. The van der Waals surface area contributed by atoms with E-state index in [9.17, 15) is 14.7 Å². The lowest BCUT2D eigenvalue weighted by Gasteiger charge is -2.15. The lowest BCUT2D eigenvalue weighted by Crippen LogP contribution is -2.38. The van der Waals surface area contributed by atoms with Crippen LogP contribution in [0.15, 0.2) is 59.6 Å². The molecule has 0 spiro atoms. The number of imide groups is 1. The number of amides is 2. The van der Waals surface area contributed by atoms with Gasteiger partial charge < -0.3 is 15.7 Å². The molecule has 0 fully saturated rings.